The fourth-order valence-corrected chi connectivity index (χ4v) is 7.29. The van der Waals surface area contributed by atoms with E-state index in [1.54, 1.807) is 0 Å². The summed E-state index contributed by atoms with van der Waals surface area (Å²) >= 11 is 0. The van der Waals surface area contributed by atoms with Crippen LogP contribution in [0.25, 0.3) is 11.6 Å². The van der Waals surface area contributed by atoms with Crippen molar-refractivity contribution in [3.63, 3.8) is 0 Å². The standard InChI is InChI=1S/C39H48O3/c1-27-13-11-17-33(36(40)42-34-26-31-22-23-39(34,7)38(31,5)6)35(27)29(25-28-14-9-8-10-15-28)16-12-24-41-32-20-18-30(19-21-32)37(2,3)4/h8-11,13-15,17-21,25,31,34H,12,16,22-24,26H2,1-7H3/b29-25-/t31-,34-,39+/m1/s1. The van der Waals surface area contributed by atoms with Crippen LogP contribution in [-0.2, 0) is 10.2 Å². The zero-order valence-corrected chi connectivity index (χ0v) is 26.6. The maximum atomic E-state index is 13.9. The molecule has 3 nitrogen and oxygen atoms in total. The van der Waals surface area contributed by atoms with Gasteiger partial charge in [0.15, 0.2) is 0 Å². The molecule has 5 rings (SSSR count). The predicted molar refractivity (Wildman–Crippen MR) is 174 cm³/mol. The Morgan fingerprint density at radius 1 is 0.952 bits per heavy atom. The van der Waals surface area contributed by atoms with Crippen molar-refractivity contribution < 1.29 is 14.3 Å². The molecule has 2 bridgehead atoms. The van der Waals surface area contributed by atoms with E-state index in [0.29, 0.717) is 18.1 Å². The number of carbonyl (C=O) groups excluding carboxylic acids is 1. The van der Waals surface area contributed by atoms with Crippen molar-refractivity contribution in [3.8, 4) is 5.75 Å². The molecule has 2 aliphatic rings. The number of carbonyl (C=O) groups is 1. The van der Waals surface area contributed by atoms with Crippen LogP contribution in [0.2, 0.25) is 0 Å². The third-order valence-corrected chi connectivity index (χ3v) is 10.5. The maximum absolute atomic E-state index is 13.9. The van der Waals surface area contributed by atoms with Crippen molar-refractivity contribution in [2.24, 2.45) is 16.7 Å². The molecule has 2 aliphatic carbocycles. The van der Waals surface area contributed by atoms with E-state index in [0.717, 1.165) is 53.7 Å². The molecule has 0 radical (unpaired) electrons. The summed E-state index contributed by atoms with van der Waals surface area (Å²) in [5, 5.41) is 0. The molecule has 0 N–H and O–H groups in total. The van der Waals surface area contributed by atoms with Gasteiger partial charge in [0, 0.05) is 5.41 Å². The first-order chi connectivity index (χ1) is 19.9. The van der Waals surface area contributed by atoms with Crippen molar-refractivity contribution in [2.45, 2.75) is 92.1 Å². The van der Waals surface area contributed by atoms with E-state index in [2.05, 4.69) is 109 Å². The minimum absolute atomic E-state index is 0.0302. The Morgan fingerprint density at radius 2 is 1.67 bits per heavy atom. The first-order valence-electron chi connectivity index (χ1n) is 15.7. The third kappa shape index (κ3) is 5.93. The van der Waals surface area contributed by atoms with Gasteiger partial charge in [0.2, 0.25) is 0 Å². The highest BCUT2D eigenvalue weighted by Crippen LogP contribution is 2.66. The number of aryl methyl sites for hydroxylation is 1. The van der Waals surface area contributed by atoms with Crippen molar-refractivity contribution in [3.05, 3.63) is 101 Å². The zero-order chi connectivity index (χ0) is 30.1. The quantitative estimate of drug-likeness (QED) is 0.147. The molecule has 0 aromatic heterocycles. The lowest BCUT2D eigenvalue weighted by Gasteiger charge is -2.38. The number of esters is 1. The number of hydrogen-bond donors (Lipinski definition) is 0. The van der Waals surface area contributed by atoms with Crippen molar-refractivity contribution >= 4 is 17.6 Å². The fourth-order valence-electron chi connectivity index (χ4n) is 7.29. The largest absolute Gasteiger partial charge is 0.494 e. The molecular weight excluding hydrogens is 516 g/mol. The van der Waals surface area contributed by atoms with Crippen LogP contribution >= 0.6 is 0 Å². The monoisotopic (exact) mass is 564 g/mol. The summed E-state index contributed by atoms with van der Waals surface area (Å²) in [7, 11) is 0. The van der Waals surface area contributed by atoms with Crippen molar-refractivity contribution in [1.29, 1.82) is 0 Å². The highest BCUT2D eigenvalue weighted by atomic mass is 16.5. The first kappa shape index (κ1) is 30.1. The molecule has 222 valence electrons. The van der Waals surface area contributed by atoms with Gasteiger partial charge in [-0.1, -0.05) is 102 Å². The highest BCUT2D eigenvalue weighted by Gasteiger charge is 2.62. The molecule has 2 fully saturated rings. The number of allylic oxidation sites excluding steroid dienone is 1. The lowest BCUT2D eigenvalue weighted by molar-refractivity contribution is -0.0242. The number of hydrogen-bond acceptors (Lipinski definition) is 3. The highest BCUT2D eigenvalue weighted by molar-refractivity contribution is 5.99. The number of fused-ring (bicyclic) bond motifs is 2. The van der Waals surface area contributed by atoms with Gasteiger partial charge in [-0.2, -0.15) is 0 Å². The maximum Gasteiger partial charge on any atom is 0.339 e. The molecule has 0 heterocycles. The fraction of sp³-hybridized carbons (Fsp3) is 0.462. The summed E-state index contributed by atoms with van der Waals surface area (Å²) in [6.07, 6.45) is 7.14. The Labute approximate surface area is 253 Å². The van der Waals surface area contributed by atoms with Crippen molar-refractivity contribution in [1.82, 2.24) is 0 Å². The van der Waals surface area contributed by atoms with E-state index >= 15 is 0 Å². The van der Waals surface area contributed by atoms with Crippen LogP contribution in [0.5, 0.6) is 5.75 Å². The Morgan fingerprint density at radius 3 is 2.29 bits per heavy atom. The van der Waals surface area contributed by atoms with Crippen LogP contribution < -0.4 is 4.74 Å². The van der Waals surface area contributed by atoms with Gasteiger partial charge in [0.05, 0.1) is 12.2 Å². The molecule has 0 aliphatic heterocycles. The summed E-state index contributed by atoms with van der Waals surface area (Å²) in [5.74, 6) is 1.31. The normalized spacial score (nSPS) is 23.2. The second-order valence-electron chi connectivity index (χ2n) is 14.3. The predicted octanol–water partition coefficient (Wildman–Crippen LogP) is 10.1. The summed E-state index contributed by atoms with van der Waals surface area (Å²) in [4.78, 5) is 13.9. The van der Waals surface area contributed by atoms with E-state index in [4.69, 9.17) is 9.47 Å². The van der Waals surface area contributed by atoms with E-state index in [9.17, 15) is 4.79 Å². The molecule has 0 saturated heterocycles. The van der Waals surface area contributed by atoms with Crippen LogP contribution in [0.15, 0.2) is 72.8 Å². The molecule has 3 heteroatoms. The van der Waals surface area contributed by atoms with E-state index in [1.807, 2.05) is 18.2 Å². The molecule has 42 heavy (non-hydrogen) atoms. The van der Waals surface area contributed by atoms with Crippen LogP contribution in [0.1, 0.15) is 106 Å². The van der Waals surface area contributed by atoms with Gasteiger partial charge < -0.3 is 9.47 Å². The van der Waals surface area contributed by atoms with Gasteiger partial charge in [-0.25, -0.2) is 4.79 Å². The average molecular weight is 565 g/mol. The van der Waals surface area contributed by atoms with Crippen LogP contribution in [0.4, 0.5) is 0 Å². The molecule has 3 aromatic rings. The number of benzene rings is 3. The molecule has 2 saturated carbocycles. The SMILES string of the molecule is Cc1cccc(C(=O)O[C@@H]2C[C@H]3CC[C@]2(C)C3(C)C)c1/C(=C\c1ccccc1)CCCOc1ccc(C(C)(C)C)cc1. The van der Waals surface area contributed by atoms with Gasteiger partial charge in [-0.3, -0.25) is 0 Å². The Hall–Kier alpha value is -3.33. The number of rotatable bonds is 9. The second-order valence-corrected chi connectivity index (χ2v) is 14.3. The van der Waals surface area contributed by atoms with Gasteiger partial charge in [0.1, 0.15) is 11.9 Å². The summed E-state index contributed by atoms with van der Waals surface area (Å²) in [6.45, 7) is 16.4. The van der Waals surface area contributed by atoms with Crippen molar-refractivity contribution in [2.75, 3.05) is 6.61 Å². The third-order valence-electron chi connectivity index (χ3n) is 10.5. The molecule has 0 unspecified atom stereocenters. The smallest absolute Gasteiger partial charge is 0.339 e. The van der Waals surface area contributed by atoms with Crippen LogP contribution in [0, 0.1) is 23.7 Å². The summed E-state index contributed by atoms with van der Waals surface area (Å²) in [5.41, 5.74) is 6.64. The lowest BCUT2D eigenvalue weighted by Crippen LogP contribution is -2.38. The van der Waals surface area contributed by atoms with Gasteiger partial charge in [-0.05, 0) is 102 Å². The Kier molecular flexibility index (Phi) is 8.43. The van der Waals surface area contributed by atoms with E-state index in [1.165, 1.54) is 12.0 Å². The molecule has 0 amide bonds. The Balaban J connectivity index is 1.36. The Bertz CT molecular complexity index is 1420. The zero-order valence-electron chi connectivity index (χ0n) is 26.6. The average Bonchev–Trinajstić information content (AvgIpc) is 3.29. The summed E-state index contributed by atoms with van der Waals surface area (Å²) in [6, 6.07) is 24.8. The molecular formula is C39H48O3. The van der Waals surface area contributed by atoms with Gasteiger partial charge >= 0.3 is 5.97 Å². The molecule has 3 aromatic carbocycles. The lowest BCUT2D eigenvalue weighted by atomic mass is 9.70. The number of ether oxygens (including phenoxy) is 2. The molecule has 0 spiro atoms. The minimum atomic E-state index is -0.197. The van der Waals surface area contributed by atoms with E-state index < -0.39 is 0 Å². The molecule has 3 atom stereocenters. The topological polar surface area (TPSA) is 35.5 Å². The van der Waals surface area contributed by atoms with Gasteiger partial charge in [0.25, 0.3) is 0 Å². The first-order valence-corrected chi connectivity index (χ1v) is 15.7. The second kappa shape index (κ2) is 11.7. The van der Waals surface area contributed by atoms with Gasteiger partial charge in [-0.15, -0.1) is 0 Å². The van der Waals surface area contributed by atoms with Crippen LogP contribution in [-0.4, -0.2) is 18.7 Å². The van der Waals surface area contributed by atoms with E-state index in [-0.39, 0.29) is 28.3 Å². The summed E-state index contributed by atoms with van der Waals surface area (Å²) < 4.78 is 12.5. The minimum Gasteiger partial charge on any atom is -0.494 e. The van der Waals surface area contributed by atoms with Crippen LogP contribution in [0.3, 0.4) is 0 Å².